The Morgan fingerprint density at radius 3 is 2.31 bits per heavy atom. The molecule has 0 amide bonds. The fourth-order valence-corrected chi connectivity index (χ4v) is 2.55. The summed E-state index contributed by atoms with van der Waals surface area (Å²) in [6, 6.07) is 16.2. The van der Waals surface area contributed by atoms with Crippen LogP contribution < -0.4 is 14.8 Å². The number of halogens is 1. The highest BCUT2D eigenvalue weighted by Crippen LogP contribution is 2.27. The lowest BCUT2D eigenvalue weighted by Gasteiger charge is -2.22. The summed E-state index contributed by atoms with van der Waals surface area (Å²) in [5.74, 6) is 2.32. The number of guanidine groups is 1. The molecule has 0 saturated carbocycles. The second-order valence-corrected chi connectivity index (χ2v) is 5.70. The van der Waals surface area contributed by atoms with Crippen molar-refractivity contribution in [2.45, 2.75) is 20.0 Å². The number of hydrogen-bond acceptors (Lipinski definition) is 3. The van der Waals surface area contributed by atoms with Gasteiger partial charge in [-0.25, -0.2) is 4.99 Å². The average Bonchev–Trinajstić information content (AvgIpc) is 2.65. The predicted molar refractivity (Wildman–Crippen MR) is 118 cm³/mol. The number of benzene rings is 2. The van der Waals surface area contributed by atoms with Crippen LogP contribution in [0, 0.1) is 0 Å². The van der Waals surface area contributed by atoms with Crippen molar-refractivity contribution in [2.24, 2.45) is 4.99 Å². The summed E-state index contributed by atoms with van der Waals surface area (Å²) in [4.78, 5) is 6.87. The molecule has 2 rings (SSSR count). The molecular formula is C20H28IN3O2. The van der Waals surface area contributed by atoms with E-state index in [2.05, 4.69) is 41.4 Å². The highest BCUT2D eigenvalue weighted by Gasteiger charge is 2.08. The second-order valence-electron chi connectivity index (χ2n) is 5.70. The lowest BCUT2D eigenvalue weighted by molar-refractivity contribution is 0.354. The minimum absolute atomic E-state index is 0. The minimum Gasteiger partial charge on any atom is -0.493 e. The Morgan fingerprint density at radius 2 is 1.69 bits per heavy atom. The van der Waals surface area contributed by atoms with Crippen molar-refractivity contribution in [1.82, 2.24) is 10.2 Å². The van der Waals surface area contributed by atoms with Crippen molar-refractivity contribution >= 4 is 29.9 Å². The molecule has 2 aromatic rings. The minimum atomic E-state index is 0. The van der Waals surface area contributed by atoms with Gasteiger partial charge in [0.25, 0.3) is 0 Å². The largest absolute Gasteiger partial charge is 0.493 e. The van der Waals surface area contributed by atoms with Gasteiger partial charge >= 0.3 is 0 Å². The first kappa shape index (κ1) is 22.1. The zero-order valence-electron chi connectivity index (χ0n) is 15.9. The molecule has 1 N–H and O–H groups in total. The van der Waals surface area contributed by atoms with Crippen molar-refractivity contribution in [3.63, 3.8) is 0 Å². The van der Waals surface area contributed by atoms with Crippen LogP contribution in [0.3, 0.4) is 0 Å². The second kappa shape index (κ2) is 11.6. The van der Waals surface area contributed by atoms with Crippen LogP contribution >= 0.6 is 24.0 Å². The third-order valence-electron chi connectivity index (χ3n) is 3.82. The molecule has 0 aliphatic rings. The van der Waals surface area contributed by atoms with Gasteiger partial charge in [0.1, 0.15) is 0 Å². The third-order valence-corrected chi connectivity index (χ3v) is 3.82. The Balaban J connectivity index is 0.00000338. The zero-order chi connectivity index (χ0) is 18.1. The van der Waals surface area contributed by atoms with Gasteiger partial charge in [0.05, 0.1) is 20.8 Å². The molecule has 5 nitrogen and oxygen atoms in total. The van der Waals surface area contributed by atoms with Crippen LogP contribution in [-0.2, 0) is 13.1 Å². The fourth-order valence-electron chi connectivity index (χ4n) is 2.55. The van der Waals surface area contributed by atoms with Crippen molar-refractivity contribution in [1.29, 1.82) is 0 Å². The summed E-state index contributed by atoms with van der Waals surface area (Å²) >= 11 is 0. The van der Waals surface area contributed by atoms with Gasteiger partial charge in [-0.1, -0.05) is 36.4 Å². The molecule has 0 aliphatic heterocycles. The van der Waals surface area contributed by atoms with Crippen LogP contribution in [0.1, 0.15) is 18.1 Å². The Morgan fingerprint density at radius 1 is 1.00 bits per heavy atom. The number of ether oxygens (including phenoxy) is 2. The summed E-state index contributed by atoms with van der Waals surface area (Å²) in [7, 11) is 5.32. The molecule has 0 radical (unpaired) electrons. The van der Waals surface area contributed by atoms with Gasteiger partial charge in [-0.2, -0.15) is 0 Å². The Bertz CT molecular complexity index is 693. The summed E-state index contributed by atoms with van der Waals surface area (Å²) in [5.41, 5.74) is 2.32. The Kier molecular flexibility index (Phi) is 9.87. The maximum Gasteiger partial charge on any atom is 0.194 e. The number of nitrogens with one attached hydrogen (secondary N) is 1. The monoisotopic (exact) mass is 469 g/mol. The highest BCUT2D eigenvalue weighted by atomic mass is 127. The molecule has 0 heterocycles. The number of methoxy groups -OCH3 is 2. The number of nitrogens with zero attached hydrogens (tertiary/aromatic N) is 2. The van der Waals surface area contributed by atoms with E-state index in [1.165, 1.54) is 5.56 Å². The fraction of sp³-hybridized carbons (Fsp3) is 0.350. The van der Waals surface area contributed by atoms with Gasteiger partial charge in [0, 0.05) is 20.1 Å². The van der Waals surface area contributed by atoms with Crippen molar-refractivity contribution in [2.75, 3.05) is 27.8 Å². The Labute approximate surface area is 173 Å². The van der Waals surface area contributed by atoms with Gasteiger partial charge in [0.2, 0.25) is 0 Å². The molecule has 26 heavy (non-hydrogen) atoms. The molecule has 0 aromatic heterocycles. The van der Waals surface area contributed by atoms with Crippen molar-refractivity contribution in [3.05, 3.63) is 59.7 Å². The molecule has 0 unspecified atom stereocenters. The first-order valence-corrected chi connectivity index (χ1v) is 8.42. The lowest BCUT2D eigenvalue weighted by Crippen LogP contribution is -2.38. The predicted octanol–water partition coefficient (Wildman–Crippen LogP) is 3.92. The van der Waals surface area contributed by atoms with Crippen LogP contribution in [0.4, 0.5) is 0 Å². The molecular weight excluding hydrogens is 441 g/mol. The SMILES string of the molecule is CCNC(=NCc1ccc(OC)c(OC)c1)N(C)Cc1ccccc1.I. The Hall–Kier alpha value is -1.96. The molecule has 2 aromatic carbocycles. The van der Waals surface area contributed by atoms with E-state index < -0.39 is 0 Å². The van der Waals surface area contributed by atoms with Gasteiger partial charge in [-0.05, 0) is 30.2 Å². The first-order valence-electron chi connectivity index (χ1n) is 8.42. The lowest BCUT2D eigenvalue weighted by atomic mass is 10.2. The van der Waals surface area contributed by atoms with E-state index in [4.69, 9.17) is 14.5 Å². The van der Waals surface area contributed by atoms with Gasteiger partial charge in [-0.3, -0.25) is 0 Å². The molecule has 6 heteroatoms. The van der Waals surface area contributed by atoms with E-state index in [-0.39, 0.29) is 24.0 Å². The van der Waals surface area contributed by atoms with Gasteiger partial charge in [0.15, 0.2) is 17.5 Å². The standard InChI is InChI=1S/C20H27N3O2.HI/c1-5-21-20(23(2)15-16-9-7-6-8-10-16)22-14-17-11-12-18(24-3)19(13-17)25-4;/h6-13H,5,14-15H2,1-4H3,(H,21,22);1H. The maximum absolute atomic E-state index is 5.36. The molecule has 0 saturated heterocycles. The third kappa shape index (κ3) is 6.40. The number of aliphatic imine (C=N–C) groups is 1. The maximum atomic E-state index is 5.36. The molecule has 0 spiro atoms. The average molecular weight is 469 g/mol. The molecule has 0 bridgehead atoms. The molecule has 0 atom stereocenters. The first-order chi connectivity index (χ1) is 12.2. The van der Waals surface area contributed by atoms with Crippen LogP contribution in [0.15, 0.2) is 53.5 Å². The zero-order valence-corrected chi connectivity index (χ0v) is 18.2. The quantitative estimate of drug-likeness (QED) is 0.380. The van der Waals surface area contributed by atoms with Crippen LogP contribution in [0.5, 0.6) is 11.5 Å². The topological polar surface area (TPSA) is 46.1 Å². The van der Waals surface area contributed by atoms with E-state index in [1.807, 2.05) is 31.3 Å². The summed E-state index contributed by atoms with van der Waals surface area (Å²) in [5, 5.41) is 3.34. The van der Waals surface area contributed by atoms with Crippen LogP contribution in [0.2, 0.25) is 0 Å². The molecule has 142 valence electrons. The molecule has 0 aliphatic carbocycles. The van der Waals surface area contributed by atoms with E-state index in [1.54, 1.807) is 14.2 Å². The van der Waals surface area contributed by atoms with E-state index in [9.17, 15) is 0 Å². The van der Waals surface area contributed by atoms with Gasteiger partial charge in [-0.15, -0.1) is 24.0 Å². The number of rotatable bonds is 7. The number of hydrogen-bond donors (Lipinski definition) is 1. The smallest absolute Gasteiger partial charge is 0.194 e. The summed E-state index contributed by atoms with van der Waals surface area (Å²) in [6.07, 6.45) is 0. The van der Waals surface area contributed by atoms with E-state index in [0.29, 0.717) is 6.54 Å². The van der Waals surface area contributed by atoms with Crippen molar-refractivity contribution in [3.8, 4) is 11.5 Å². The van der Waals surface area contributed by atoms with E-state index in [0.717, 1.165) is 36.1 Å². The highest BCUT2D eigenvalue weighted by molar-refractivity contribution is 14.0. The van der Waals surface area contributed by atoms with E-state index >= 15 is 0 Å². The molecule has 0 fully saturated rings. The van der Waals surface area contributed by atoms with Crippen LogP contribution in [0.25, 0.3) is 0 Å². The summed E-state index contributed by atoms with van der Waals surface area (Å²) < 4.78 is 10.6. The van der Waals surface area contributed by atoms with Crippen LogP contribution in [-0.4, -0.2) is 38.7 Å². The van der Waals surface area contributed by atoms with Crippen molar-refractivity contribution < 1.29 is 9.47 Å². The normalized spacial score (nSPS) is 10.7. The summed E-state index contributed by atoms with van der Waals surface area (Å²) in [6.45, 7) is 4.27. The van der Waals surface area contributed by atoms with Gasteiger partial charge < -0.3 is 19.7 Å².